The second kappa shape index (κ2) is 7.09. The van der Waals surface area contributed by atoms with Crippen molar-refractivity contribution in [1.29, 1.82) is 0 Å². The molecule has 1 heterocycles. The predicted octanol–water partition coefficient (Wildman–Crippen LogP) is 2.71. The Morgan fingerprint density at radius 2 is 1.83 bits per heavy atom. The molecule has 0 bridgehead atoms. The smallest absolute Gasteiger partial charge is 0.294 e. The van der Waals surface area contributed by atoms with Crippen LogP contribution in [0.4, 0.5) is 17.6 Å². The number of hydrogen-bond acceptors (Lipinski definition) is 4. The molecular formula is C8H14F4NO3PS. The van der Waals surface area contributed by atoms with E-state index in [0.29, 0.717) is 24.6 Å². The molecule has 0 aromatic carbocycles. The molecule has 0 N–H and O–H groups in total. The van der Waals surface area contributed by atoms with Crippen LogP contribution in [0.3, 0.4) is 0 Å². The lowest BCUT2D eigenvalue weighted by atomic mass is 10.6. The summed E-state index contributed by atoms with van der Waals surface area (Å²) in [7, 11) is -4.05. The Hall–Kier alpha value is 0.180. The third-order valence-electron chi connectivity index (χ3n) is 2.06. The van der Waals surface area contributed by atoms with Gasteiger partial charge in [0.1, 0.15) is 6.67 Å². The molecule has 0 spiro atoms. The third-order valence-corrected chi connectivity index (χ3v) is 5.06. The first-order valence-electron chi connectivity index (χ1n) is 5.22. The van der Waals surface area contributed by atoms with Crippen molar-refractivity contribution in [1.82, 2.24) is 4.67 Å². The number of thioether (sulfide) groups is 1. The van der Waals surface area contributed by atoms with Crippen LogP contribution in [0.15, 0.2) is 0 Å². The Labute approximate surface area is 107 Å². The predicted molar refractivity (Wildman–Crippen MR) is 60.4 cm³/mol. The van der Waals surface area contributed by atoms with Crippen LogP contribution in [0, 0.1) is 0 Å². The van der Waals surface area contributed by atoms with Gasteiger partial charge in [-0.2, -0.15) is 24.9 Å². The summed E-state index contributed by atoms with van der Waals surface area (Å²) < 4.78 is 70.7. The lowest BCUT2D eigenvalue weighted by Crippen LogP contribution is -2.33. The number of rotatable bonds is 6. The van der Waals surface area contributed by atoms with E-state index in [-0.39, 0.29) is 0 Å². The van der Waals surface area contributed by atoms with Gasteiger partial charge in [-0.1, -0.05) is 0 Å². The second-order valence-corrected chi connectivity index (χ2v) is 6.69. The third kappa shape index (κ3) is 5.44. The normalized spacial score (nSPS) is 21.8. The number of halogens is 4. The lowest BCUT2D eigenvalue weighted by Gasteiger charge is -2.32. The molecule has 1 unspecified atom stereocenters. The summed E-state index contributed by atoms with van der Waals surface area (Å²) in [6.07, 6.45) is -4.60. The molecular weight excluding hydrogens is 297 g/mol. The summed E-state index contributed by atoms with van der Waals surface area (Å²) in [5.74, 6) is 1.25. The maximum atomic E-state index is 12.2. The number of nitrogens with zero attached hydrogens (tertiary/aromatic N) is 1. The molecule has 0 saturated carbocycles. The minimum absolute atomic E-state index is 0.298. The van der Waals surface area contributed by atoms with E-state index in [2.05, 4.69) is 9.05 Å². The van der Waals surface area contributed by atoms with Crippen molar-refractivity contribution < 1.29 is 31.2 Å². The maximum absolute atomic E-state index is 12.2. The van der Waals surface area contributed by atoms with Crippen LogP contribution >= 0.6 is 19.5 Å². The second-order valence-electron chi connectivity index (χ2n) is 3.45. The Morgan fingerprint density at radius 3 is 2.33 bits per heavy atom. The molecule has 4 nitrogen and oxygen atoms in total. The Morgan fingerprint density at radius 1 is 1.22 bits per heavy atom. The molecule has 0 aromatic rings. The highest BCUT2D eigenvalue weighted by molar-refractivity contribution is 7.99. The van der Waals surface area contributed by atoms with Gasteiger partial charge in [0.2, 0.25) is 0 Å². The highest BCUT2D eigenvalue weighted by Crippen LogP contribution is 2.53. The quantitative estimate of drug-likeness (QED) is 0.557. The molecule has 108 valence electrons. The first kappa shape index (κ1) is 16.2. The standard InChI is InChI=1S/C8H14F4NO3PS/c9-1-4-15-17(14,16-7-8(10,11)12)13-2-5-18-6-3-13/h1-7H2. The van der Waals surface area contributed by atoms with Gasteiger partial charge >= 0.3 is 13.9 Å². The van der Waals surface area contributed by atoms with Crippen LogP contribution in [0.1, 0.15) is 0 Å². The van der Waals surface area contributed by atoms with Crippen molar-refractivity contribution in [3.63, 3.8) is 0 Å². The number of hydrogen-bond donors (Lipinski definition) is 0. The van der Waals surface area contributed by atoms with Gasteiger partial charge in [0.15, 0.2) is 6.61 Å². The minimum atomic E-state index is -4.60. The Bertz CT molecular complexity index is 299. The van der Waals surface area contributed by atoms with E-state index in [9.17, 15) is 22.1 Å². The van der Waals surface area contributed by atoms with Gasteiger partial charge in [0, 0.05) is 24.6 Å². The molecule has 1 aliphatic heterocycles. The molecule has 18 heavy (non-hydrogen) atoms. The van der Waals surface area contributed by atoms with Crippen molar-refractivity contribution in [2.45, 2.75) is 6.18 Å². The first-order valence-corrected chi connectivity index (χ1v) is 7.87. The zero-order valence-corrected chi connectivity index (χ0v) is 11.2. The van der Waals surface area contributed by atoms with E-state index in [1.54, 1.807) is 11.8 Å². The van der Waals surface area contributed by atoms with E-state index >= 15 is 0 Å². The molecule has 1 atom stereocenters. The highest BCUT2D eigenvalue weighted by Gasteiger charge is 2.39. The fourth-order valence-corrected chi connectivity index (χ4v) is 4.18. The van der Waals surface area contributed by atoms with Crippen LogP contribution in [-0.2, 0) is 13.6 Å². The monoisotopic (exact) mass is 311 g/mol. The molecule has 1 saturated heterocycles. The van der Waals surface area contributed by atoms with Crippen LogP contribution in [-0.4, -0.2) is 55.3 Å². The van der Waals surface area contributed by atoms with Gasteiger partial charge in [-0.05, 0) is 0 Å². The van der Waals surface area contributed by atoms with E-state index in [0.717, 1.165) is 0 Å². The zero-order chi connectivity index (χ0) is 13.6. The fraction of sp³-hybridized carbons (Fsp3) is 1.00. The average Bonchev–Trinajstić information content (AvgIpc) is 2.34. The van der Waals surface area contributed by atoms with Gasteiger partial charge in [0.25, 0.3) is 0 Å². The maximum Gasteiger partial charge on any atom is 0.412 e. The molecule has 0 aliphatic carbocycles. The molecule has 1 rings (SSSR count). The summed E-state index contributed by atoms with van der Waals surface area (Å²) in [6, 6.07) is 0. The Kier molecular flexibility index (Phi) is 6.40. The van der Waals surface area contributed by atoms with Crippen molar-refractivity contribution in [2.24, 2.45) is 0 Å². The van der Waals surface area contributed by atoms with Gasteiger partial charge in [-0.3, -0.25) is 9.05 Å². The van der Waals surface area contributed by atoms with Crippen molar-refractivity contribution >= 4 is 19.5 Å². The molecule has 0 aromatic heterocycles. The van der Waals surface area contributed by atoms with Crippen molar-refractivity contribution in [2.75, 3.05) is 44.5 Å². The van der Waals surface area contributed by atoms with Crippen LogP contribution in [0.25, 0.3) is 0 Å². The van der Waals surface area contributed by atoms with Gasteiger partial charge in [0.05, 0.1) is 6.61 Å². The zero-order valence-electron chi connectivity index (χ0n) is 9.49. The summed E-state index contributed by atoms with van der Waals surface area (Å²) in [5, 5.41) is 0. The van der Waals surface area contributed by atoms with E-state index < -0.39 is 33.8 Å². The fourth-order valence-electron chi connectivity index (χ4n) is 1.30. The average molecular weight is 311 g/mol. The minimum Gasteiger partial charge on any atom is -0.294 e. The summed E-state index contributed by atoms with van der Waals surface area (Å²) in [6.45, 7) is -2.54. The molecule has 0 amide bonds. The van der Waals surface area contributed by atoms with Gasteiger partial charge in [-0.25, -0.2) is 13.6 Å². The summed E-state index contributed by atoms with van der Waals surface area (Å²) in [4.78, 5) is 0. The number of alkyl halides is 4. The molecule has 1 aliphatic rings. The topological polar surface area (TPSA) is 38.8 Å². The molecule has 1 fully saturated rings. The molecule has 10 heteroatoms. The SMILES string of the molecule is O=P(OCCF)(OCC(F)(F)F)N1CCSCC1. The van der Waals surface area contributed by atoms with E-state index in [1.165, 1.54) is 4.67 Å². The van der Waals surface area contributed by atoms with Crippen molar-refractivity contribution in [3.05, 3.63) is 0 Å². The summed E-state index contributed by atoms with van der Waals surface area (Å²) in [5.41, 5.74) is 0. The van der Waals surface area contributed by atoms with Crippen LogP contribution in [0.2, 0.25) is 0 Å². The van der Waals surface area contributed by atoms with Gasteiger partial charge in [-0.15, -0.1) is 0 Å². The summed E-state index contributed by atoms with van der Waals surface area (Å²) >= 11 is 1.59. The molecule has 0 radical (unpaired) electrons. The van der Waals surface area contributed by atoms with Crippen molar-refractivity contribution in [3.8, 4) is 0 Å². The first-order chi connectivity index (χ1) is 8.37. The largest absolute Gasteiger partial charge is 0.412 e. The highest BCUT2D eigenvalue weighted by atomic mass is 32.2. The van der Waals surface area contributed by atoms with Crippen LogP contribution in [0.5, 0.6) is 0 Å². The van der Waals surface area contributed by atoms with Gasteiger partial charge < -0.3 is 0 Å². The van der Waals surface area contributed by atoms with Crippen LogP contribution < -0.4 is 0 Å². The Balaban J connectivity index is 2.64. The van der Waals surface area contributed by atoms with E-state index in [1.807, 2.05) is 0 Å². The lowest BCUT2D eigenvalue weighted by molar-refractivity contribution is -0.156. The van der Waals surface area contributed by atoms with E-state index in [4.69, 9.17) is 0 Å².